The number of anilines is 1. The minimum absolute atomic E-state index is 0.0980. The van der Waals surface area contributed by atoms with Crippen molar-refractivity contribution in [3.8, 4) is 22.9 Å². The van der Waals surface area contributed by atoms with Crippen molar-refractivity contribution >= 4 is 17.7 Å². The molecule has 138 valence electrons. The number of nitriles is 1. The van der Waals surface area contributed by atoms with Crippen LogP contribution in [0, 0.1) is 17.1 Å². The molecule has 0 bridgehead atoms. The Morgan fingerprint density at radius 1 is 1.41 bits per heavy atom. The van der Waals surface area contributed by atoms with Crippen LogP contribution in [0.5, 0.6) is 5.75 Å². The van der Waals surface area contributed by atoms with E-state index in [1.54, 1.807) is 6.07 Å². The second kappa shape index (κ2) is 7.33. The third-order valence-electron chi connectivity index (χ3n) is 4.15. The van der Waals surface area contributed by atoms with Crippen molar-refractivity contribution in [3.05, 3.63) is 47.8 Å². The molecule has 27 heavy (non-hydrogen) atoms. The molecular weight excluding hydrogens is 353 g/mol. The Morgan fingerprint density at radius 2 is 2.19 bits per heavy atom. The first-order chi connectivity index (χ1) is 12.9. The fourth-order valence-electron chi connectivity index (χ4n) is 2.80. The first-order valence-corrected chi connectivity index (χ1v) is 8.14. The fourth-order valence-corrected chi connectivity index (χ4v) is 2.80. The van der Waals surface area contributed by atoms with Gasteiger partial charge in [-0.1, -0.05) is 6.07 Å². The summed E-state index contributed by atoms with van der Waals surface area (Å²) in [5, 5.41) is 21.2. The molecule has 1 fully saturated rings. The van der Waals surface area contributed by atoms with E-state index in [1.807, 2.05) is 6.07 Å². The Kier molecular flexibility index (Phi) is 4.94. The molecule has 2 aromatic carbocycles. The van der Waals surface area contributed by atoms with Crippen LogP contribution in [0.2, 0.25) is 0 Å². The third-order valence-corrected chi connectivity index (χ3v) is 4.15. The van der Waals surface area contributed by atoms with E-state index in [-0.39, 0.29) is 35.9 Å². The summed E-state index contributed by atoms with van der Waals surface area (Å²) in [6.45, 7) is 1.74. The van der Waals surface area contributed by atoms with Gasteiger partial charge in [0.15, 0.2) is 0 Å². The summed E-state index contributed by atoms with van der Waals surface area (Å²) in [4.78, 5) is 24.3. The molecule has 2 N–H and O–H groups in total. The highest BCUT2D eigenvalue weighted by Crippen LogP contribution is 2.31. The summed E-state index contributed by atoms with van der Waals surface area (Å²) in [6, 6.07) is 10.3. The van der Waals surface area contributed by atoms with Crippen molar-refractivity contribution in [1.82, 2.24) is 5.32 Å². The van der Waals surface area contributed by atoms with Gasteiger partial charge in [-0.25, -0.2) is 9.18 Å². The number of hydrogen-bond acceptors (Lipinski definition) is 5. The lowest BCUT2D eigenvalue weighted by atomic mass is 10.0. The SMILES string of the molecule is CC(=O)NC[C@H]1CN(c2ccc(-c3ccc(C#N)c(O)c3)c(F)c2)C(=O)O1. The highest BCUT2D eigenvalue weighted by Gasteiger charge is 2.32. The maximum absolute atomic E-state index is 14.6. The van der Waals surface area contributed by atoms with E-state index in [9.17, 15) is 19.1 Å². The third kappa shape index (κ3) is 3.82. The van der Waals surface area contributed by atoms with E-state index in [4.69, 9.17) is 10.00 Å². The summed E-state index contributed by atoms with van der Waals surface area (Å²) < 4.78 is 19.8. The van der Waals surface area contributed by atoms with Crippen LogP contribution >= 0.6 is 0 Å². The molecule has 1 aliphatic heterocycles. The zero-order chi connectivity index (χ0) is 19.6. The average Bonchev–Trinajstić information content (AvgIpc) is 3.00. The second-order valence-corrected chi connectivity index (χ2v) is 6.06. The number of ether oxygens (including phenoxy) is 1. The van der Waals surface area contributed by atoms with E-state index < -0.39 is 18.0 Å². The number of aromatic hydroxyl groups is 1. The lowest BCUT2D eigenvalue weighted by molar-refractivity contribution is -0.119. The molecular formula is C19H16FN3O4. The Hall–Kier alpha value is -3.60. The van der Waals surface area contributed by atoms with Gasteiger partial charge in [0.1, 0.15) is 23.7 Å². The van der Waals surface area contributed by atoms with Gasteiger partial charge < -0.3 is 15.2 Å². The molecule has 1 heterocycles. The number of rotatable bonds is 4. The van der Waals surface area contributed by atoms with Crippen molar-refractivity contribution in [1.29, 1.82) is 5.26 Å². The normalized spacial score (nSPS) is 16.0. The van der Waals surface area contributed by atoms with Gasteiger partial charge in [0.2, 0.25) is 5.91 Å². The van der Waals surface area contributed by atoms with Gasteiger partial charge in [0.25, 0.3) is 0 Å². The van der Waals surface area contributed by atoms with Crippen molar-refractivity contribution in [2.24, 2.45) is 0 Å². The largest absolute Gasteiger partial charge is 0.507 e. The zero-order valence-corrected chi connectivity index (χ0v) is 14.4. The standard InChI is InChI=1S/C19H16FN3O4/c1-11(24)22-9-15-10-23(19(26)27-15)14-4-5-16(17(20)7-14)12-2-3-13(8-21)18(25)6-12/h2-7,15,25H,9-10H2,1H3,(H,22,24)/t15-/m0/s1. The topological polar surface area (TPSA) is 103 Å². The molecule has 3 rings (SSSR count). The van der Waals surface area contributed by atoms with Gasteiger partial charge in [-0.2, -0.15) is 5.26 Å². The van der Waals surface area contributed by atoms with E-state index >= 15 is 0 Å². The highest BCUT2D eigenvalue weighted by atomic mass is 19.1. The number of cyclic esters (lactones) is 1. The van der Waals surface area contributed by atoms with Crippen LogP contribution in [0.1, 0.15) is 12.5 Å². The Morgan fingerprint density at radius 3 is 2.81 bits per heavy atom. The van der Waals surface area contributed by atoms with Crippen LogP contribution in [-0.4, -0.2) is 36.3 Å². The van der Waals surface area contributed by atoms with Crippen molar-refractivity contribution < 1.29 is 23.8 Å². The minimum atomic E-state index is -0.617. The number of phenolic OH excluding ortho intramolecular Hbond substituents is 1. The molecule has 2 aromatic rings. The first kappa shape index (κ1) is 18.2. The van der Waals surface area contributed by atoms with Gasteiger partial charge in [-0.05, 0) is 35.9 Å². The Balaban J connectivity index is 1.81. The predicted octanol–water partition coefficient (Wildman–Crippen LogP) is 2.53. The number of benzene rings is 2. The van der Waals surface area contributed by atoms with Crippen LogP contribution < -0.4 is 10.2 Å². The molecule has 8 heteroatoms. The quantitative estimate of drug-likeness (QED) is 0.862. The molecule has 0 radical (unpaired) electrons. The Bertz CT molecular complexity index is 954. The molecule has 0 saturated carbocycles. The number of amides is 2. The van der Waals surface area contributed by atoms with Crippen molar-refractivity contribution in [3.63, 3.8) is 0 Å². The first-order valence-electron chi connectivity index (χ1n) is 8.14. The molecule has 0 aliphatic carbocycles. The molecule has 1 atom stereocenters. The number of nitrogens with zero attached hydrogens (tertiary/aromatic N) is 2. The lowest BCUT2D eigenvalue weighted by Crippen LogP contribution is -2.33. The van der Waals surface area contributed by atoms with Crippen molar-refractivity contribution in [2.75, 3.05) is 18.0 Å². The number of halogens is 1. The average molecular weight is 369 g/mol. The fraction of sp³-hybridized carbons (Fsp3) is 0.211. The number of carbonyl (C=O) groups is 2. The molecule has 0 unspecified atom stereocenters. The second-order valence-electron chi connectivity index (χ2n) is 6.06. The summed E-state index contributed by atoms with van der Waals surface area (Å²) in [5.74, 6) is -1.05. The van der Waals surface area contributed by atoms with E-state index in [0.29, 0.717) is 11.3 Å². The van der Waals surface area contributed by atoms with Crippen LogP contribution in [-0.2, 0) is 9.53 Å². The van der Waals surface area contributed by atoms with Gasteiger partial charge >= 0.3 is 6.09 Å². The monoisotopic (exact) mass is 369 g/mol. The lowest BCUT2D eigenvalue weighted by Gasteiger charge is -2.14. The summed E-state index contributed by atoms with van der Waals surface area (Å²) in [6.07, 6.45) is -1.13. The van der Waals surface area contributed by atoms with E-state index in [2.05, 4.69) is 5.32 Å². The molecule has 1 aliphatic rings. The van der Waals surface area contributed by atoms with Crippen LogP contribution in [0.3, 0.4) is 0 Å². The molecule has 7 nitrogen and oxygen atoms in total. The number of phenols is 1. The molecule has 2 amide bonds. The zero-order valence-electron chi connectivity index (χ0n) is 14.4. The molecule has 1 saturated heterocycles. The Labute approximate surface area is 154 Å². The van der Waals surface area contributed by atoms with Crippen LogP contribution in [0.4, 0.5) is 14.9 Å². The number of nitrogens with one attached hydrogen (secondary N) is 1. The number of carbonyl (C=O) groups excluding carboxylic acids is 2. The summed E-state index contributed by atoms with van der Waals surface area (Å²) in [5.41, 5.74) is 1.05. The summed E-state index contributed by atoms with van der Waals surface area (Å²) in [7, 11) is 0. The predicted molar refractivity (Wildman–Crippen MR) is 94.5 cm³/mol. The summed E-state index contributed by atoms with van der Waals surface area (Å²) >= 11 is 0. The number of hydrogen-bond donors (Lipinski definition) is 2. The van der Waals surface area contributed by atoms with E-state index in [0.717, 1.165) is 0 Å². The van der Waals surface area contributed by atoms with Gasteiger partial charge in [-0.3, -0.25) is 9.69 Å². The van der Waals surface area contributed by atoms with Crippen LogP contribution in [0.15, 0.2) is 36.4 Å². The van der Waals surface area contributed by atoms with Gasteiger partial charge in [0, 0.05) is 12.5 Å². The van der Waals surface area contributed by atoms with Gasteiger partial charge in [-0.15, -0.1) is 0 Å². The van der Waals surface area contributed by atoms with Crippen molar-refractivity contribution in [2.45, 2.75) is 13.0 Å². The maximum atomic E-state index is 14.6. The van der Waals surface area contributed by atoms with Crippen LogP contribution in [0.25, 0.3) is 11.1 Å². The van der Waals surface area contributed by atoms with E-state index in [1.165, 1.54) is 42.2 Å². The maximum Gasteiger partial charge on any atom is 0.414 e. The highest BCUT2D eigenvalue weighted by molar-refractivity contribution is 5.90. The molecule has 0 aromatic heterocycles. The molecule has 0 spiro atoms. The minimum Gasteiger partial charge on any atom is -0.507 e. The smallest absolute Gasteiger partial charge is 0.414 e. The van der Waals surface area contributed by atoms with Gasteiger partial charge in [0.05, 0.1) is 24.3 Å².